The Labute approximate surface area is 153 Å². The van der Waals surface area contributed by atoms with Crippen LogP contribution in [0.15, 0.2) is 30.5 Å². The van der Waals surface area contributed by atoms with E-state index in [9.17, 15) is 4.79 Å². The maximum absolute atomic E-state index is 12.6. The fraction of sp³-hybridized carbons (Fsp3) is 0.500. The number of benzene rings is 1. The molecule has 2 saturated carbocycles. The third kappa shape index (κ3) is 2.83. The van der Waals surface area contributed by atoms with E-state index in [2.05, 4.69) is 27.6 Å². The van der Waals surface area contributed by atoms with Gasteiger partial charge in [-0.15, -0.1) is 0 Å². The highest BCUT2D eigenvalue weighted by molar-refractivity contribution is 5.92. The van der Waals surface area contributed by atoms with Crippen molar-refractivity contribution < 1.29 is 14.3 Å². The van der Waals surface area contributed by atoms with Crippen molar-refractivity contribution >= 4 is 5.91 Å². The van der Waals surface area contributed by atoms with Crippen molar-refractivity contribution in [3.05, 3.63) is 41.7 Å². The van der Waals surface area contributed by atoms with Crippen molar-refractivity contribution in [1.29, 1.82) is 0 Å². The van der Waals surface area contributed by atoms with Gasteiger partial charge in [-0.25, -0.2) is 0 Å². The fourth-order valence-electron chi connectivity index (χ4n) is 4.79. The third-order valence-corrected chi connectivity index (χ3v) is 6.02. The maximum atomic E-state index is 12.6. The van der Waals surface area contributed by atoms with Crippen LogP contribution in [0.25, 0.3) is 0 Å². The molecule has 4 rings (SSSR count). The Bertz CT molecular complexity index is 775. The van der Waals surface area contributed by atoms with Gasteiger partial charge in [-0.3, -0.25) is 9.89 Å². The predicted molar refractivity (Wildman–Crippen MR) is 97.6 cm³/mol. The molecule has 2 fully saturated rings. The highest BCUT2D eigenvalue weighted by atomic mass is 16.5. The number of hydrogen-bond acceptors (Lipinski definition) is 4. The fourth-order valence-corrected chi connectivity index (χ4v) is 4.79. The molecule has 138 valence electrons. The molecule has 1 heterocycles. The van der Waals surface area contributed by atoms with E-state index in [1.54, 1.807) is 26.5 Å². The minimum atomic E-state index is -0.0815. The van der Waals surface area contributed by atoms with Gasteiger partial charge in [-0.05, 0) is 48.4 Å². The predicted octanol–water partition coefficient (Wildman–Crippen LogP) is 3.13. The summed E-state index contributed by atoms with van der Waals surface area (Å²) >= 11 is 0. The maximum Gasteiger partial charge on any atom is 0.269 e. The normalized spacial score (nSPS) is 27.2. The second-order valence-corrected chi connectivity index (χ2v) is 7.22. The monoisotopic (exact) mass is 355 g/mol. The van der Waals surface area contributed by atoms with Gasteiger partial charge in [0.05, 0.1) is 14.2 Å². The first-order chi connectivity index (χ1) is 12.7. The van der Waals surface area contributed by atoms with Gasteiger partial charge >= 0.3 is 0 Å². The molecule has 26 heavy (non-hydrogen) atoms. The minimum Gasteiger partial charge on any atom is -0.493 e. The van der Waals surface area contributed by atoms with Crippen LogP contribution >= 0.6 is 0 Å². The van der Waals surface area contributed by atoms with Crippen molar-refractivity contribution in [2.24, 2.45) is 11.8 Å². The van der Waals surface area contributed by atoms with E-state index in [4.69, 9.17) is 9.47 Å². The van der Waals surface area contributed by atoms with E-state index in [1.165, 1.54) is 31.2 Å². The number of nitrogens with one attached hydrogen (secondary N) is 2. The Morgan fingerprint density at radius 2 is 1.88 bits per heavy atom. The SMILES string of the molecule is COc1ccc([C@H]2[C@H]3CCCC[C@H]3[C@@H]2NC(=O)c2ccn[nH]2)cc1OC. The van der Waals surface area contributed by atoms with Gasteiger partial charge in [-0.2, -0.15) is 5.10 Å². The van der Waals surface area contributed by atoms with Crippen molar-refractivity contribution in [2.75, 3.05) is 14.2 Å². The first-order valence-electron chi connectivity index (χ1n) is 9.25. The van der Waals surface area contributed by atoms with E-state index in [-0.39, 0.29) is 11.9 Å². The Morgan fingerprint density at radius 1 is 1.12 bits per heavy atom. The van der Waals surface area contributed by atoms with Gasteiger partial charge in [0.1, 0.15) is 5.69 Å². The molecule has 0 spiro atoms. The Morgan fingerprint density at radius 3 is 2.58 bits per heavy atom. The quantitative estimate of drug-likeness (QED) is 0.864. The lowest BCUT2D eigenvalue weighted by molar-refractivity contribution is 0.0249. The smallest absolute Gasteiger partial charge is 0.269 e. The van der Waals surface area contributed by atoms with Crippen molar-refractivity contribution in [2.45, 2.75) is 37.6 Å². The summed E-state index contributed by atoms with van der Waals surface area (Å²) in [5, 5.41) is 9.88. The molecule has 2 aliphatic rings. The number of methoxy groups -OCH3 is 2. The number of aromatic amines is 1. The molecular formula is C20H25N3O3. The molecule has 1 aromatic carbocycles. The van der Waals surface area contributed by atoms with Crippen LogP contribution in [0.4, 0.5) is 0 Å². The van der Waals surface area contributed by atoms with Crippen LogP contribution < -0.4 is 14.8 Å². The number of fused-ring (bicyclic) bond motifs is 1. The average molecular weight is 355 g/mol. The molecule has 1 amide bonds. The molecule has 2 aliphatic carbocycles. The summed E-state index contributed by atoms with van der Waals surface area (Å²) in [6.07, 6.45) is 6.52. The highest BCUT2D eigenvalue weighted by Crippen LogP contribution is 2.55. The Hall–Kier alpha value is -2.50. The Kier molecular flexibility index (Phi) is 4.57. The molecule has 6 heteroatoms. The lowest BCUT2D eigenvalue weighted by Crippen LogP contribution is -2.59. The zero-order chi connectivity index (χ0) is 18.1. The lowest BCUT2D eigenvalue weighted by atomic mass is 9.53. The molecule has 2 N–H and O–H groups in total. The van der Waals surface area contributed by atoms with Gasteiger partial charge in [0.25, 0.3) is 5.91 Å². The molecule has 2 aromatic rings. The summed E-state index contributed by atoms with van der Waals surface area (Å²) in [6.45, 7) is 0. The Balaban J connectivity index is 1.60. The van der Waals surface area contributed by atoms with Gasteiger partial charge in [0, 0.05) is 18.2 Å². The van der Waals surface area contributed by atoms with E-state index in [1.807, 2.05) is 6.07 Å². The number of H-pyrrole nitrogens is 1. The number of hydrogen-bond donors (Lipinski definition) is 2. The number of aromatic nitrogens is 2. The van der Waals surface area contributed by atoms with Gasteiger partial charge in [0.2, 0.25) is 0 Å². The van der Waals surface area contributed by atoms with Crippen molar-refractivity contribution in [3.63, 3.8) is 0 Å². The molecule has 0 unspecified atom stereocenters. The van der Waals surface area contributed by atoms with Crippen LogP contribution in [0.2, 0.25) is 0 Å². The average Bonchev–Trinajstić information content (AvgIpc) is 3.21. The summed E-state index contributed by atoms with van der Waals surface area (Å²) in [6, 6.07) is 7.97. The van der Waals surface area contributed by atoms with Crippen molar-refractivity contribution in [3.8, 4) is 11.5 Å². The standard InChI is InChI=1S/C20H25N3O3/c1-25-16-8-7-12(11-17(16)26-2)18-13-5-3-4-6-14(13)19(18)22-20(24)15-9-10-21-23-15/h7-11,13-14,18-19H,3-6H2,1-2H3,(H,21,23)(H,22,24)/t13-,14+,18-,19-/m0/s1. The molecule has 0 bridgehead atoms. The van der Waals surface area contributed by atoms with Crippen LogP contribution in [0.3, 0.4) is 0 Å². The molecule has 0 radical (unpaired) electrons. The van der Waals surface area contributed by atoms with Gasteiger partial charge in [-0.1, -0.05) is 18.9 Å². The van der Waals surface area contributed by atoms with Crippen LogP contribution in [0.1, 0.15) is 47.7 Å². The number of amides is 1. The third-order valence-electron chi connectivity index (χ3n) is 6.02. The van der Waals surface area contributed by atoms with Crippen LogP contribution in [0.5, 0.6) is 11.5 Å². The number of carbonyl (C=O) groups is 1. The first kappa shape index (κ1) is 16.9. The number of nitrogens with zero attached hydrogens (tertiary/aromatic N) is 1. The van der Waals surface area contributed by atoms with Crippen LogP contribution in [-0.2, 0) is 0 Å². The molecule has 0 saturated heterocycles. The number of rotatable bonds is 5. The van der Waals surface area contributed by atoms with Gasteiger partial charge < -0.3 is 14.8 Å². The second-order valence-electron chi connectivity index (χ2n) is 7.22. The van der Waals surface area contributed by atoms with E-state index >= 15 is 0 Å². The van der Waals surface area contributed by atoms with Crippen LogP contribution in [-0.4, -0.2) is 36.4 Å². The van der Waals surface area contributed by atoms with E-state index in [0.29, 0.717) is 23.4 Å². The molecule has 0 aliphatic heterocycles. The van der Waals surface area contributed by atoms with E-state index < -0.39 is 0 Å². The topological polar surface area (TPSA) is 76.2 Å². The molecule has 1 aromatic heterocycles. The van der Waals surface area contributed by atoms with Crippen LogP contribution in [0, 0.1) is 11.8 Å². The summed E-state index contributed by atoms with van der Waals surface area (Å²) in [5.74, 6) is 2.87. The first-order valence-corrected chi connectivity index (χ1v) is 9.25. The number of carbonyl (C=O) groups excluding carboxylic acids is 1. The highest BCUT2D eigenvalue weighted by Gasteiger charge is 2.52. The second kappa shape index (κ2) is 7.02. The summed E-state index contributed by atoms with van der Waals surface area (Å²) in [5.41, 5.74) is 1.72. The summed E-state index contributed by atoms with van der Waals surface area (Å²) in [4.78, 5) is 12.6. The van der Waals surface area contributed by atoms with Crippen molar-refractivity contribution in [1.82, 2.24) is 15.5 Å². The summed E-state index contributed by atoms with van der Waals surface area (Å²) < 4.78 is 10.8. The van der Waals surface area contributed by atoms with Gasteiger partial charge in [0.15, 0.2) is 11.5 Å². The summed E-state index contributed by atoms with van der Waals surface area (Å²) in [7, 11) is 3.30. The molecule has 4 atom stereocenters. The molecular weight excluding hydrogens is 330 g/mol. The zero-order valence-electron chi connectivity index (χ0n) is 15.2. The molecule has 6 nitrogen and oxygen atoms in total. The largest absolute Gasteiger partial charge is 0.493 e. The van der Waals surface area contributed by atoms with E-state index in [0.717, 1.165) is 11.5 Å². The minimum absolute atomic E-state index is 0.0815. The zero-order valence-corrected chi connectivity index (χ0v) is 15.2. The number of ether oxygens (including phenoxy) is 2. The lowest BCUT2D eigenvalue weighted by Gasteiger charge is -2.55.